The van der Waals surface area contributed by atoms with Gasteiger partial charge in [0.15, 0.2) is 0 Å². The maximum absolute atomic E-state index is 9.28. The summed E-state index contributed by atoms with van der Waals surface area (Å²) < 4.78 is 8.47. The highest BCUT2D eigenvalue weighted by Gasteiger charge is 2.20. The first kappa shape index (κ1) is 19.1. The molecule has 0 atom stereocenters. The SMILES string of the molecule is COB(O)OC.Cc1c(C)c(C)c(B(O)O)c(C)c1C. The van der Waals surface area contributed by atoms with Crippen molar-refractivity contribution in [3.05, 3.63) is 27.8 Å². The highest BCUT2D eigenvalue weighted by Crippen LogP contribution is 2.18. The van der Waals surface area contributed by atoms with E-state index in [1.807, 2.05) is 27.7 Å². The van der Waals surface area contributed by atoms with Crippen molar-refractivity contribution < 1.29 is 24.4 Å². The second-order valence-electron chi connectivity index (χ2n) is 4.69. The van der Waals surface area contributed by atoms with Crippen LogP contribution in [0.5, 0.6) is 0 Å². The average molecular weight is 282 g/mol. The van der Waals surface area contributed by atoms with Gasteiger partial charge in [-0.15, -0.1) is 0 Å². The third kappa shape index (κ3) is 4.61. The highest BCUT2D eigenvalue weighted by molar-refractivity contribution is 6.59. The predicted molar refractivity (Wildman–Crippen MR) is 81.9 cm³/mol. The molecule has 0 aliphatic carbocycles. The lowest BCUT2D eigenvalue weighted by molar-refractivity contribution is 0.193. The van der Waals surface area contributed by atoms with Crippen LogP contribution in [0, 0.1) is 34.6 Å². The second kappa shape index (κ2) is 8.44. The average Bonchev–Trinajstić information content (AvgIpc) is 2.42. The predicted octanol–water partition coefficient (Wildman–Crippen LogP) is 0.165. The molecule has 0 fully saturated rings. The molecule has 0 aromatic heterocycles. The van der Waals surface area contributed by atoms with Gasteiger partial charge in [0, 0.05) is 14.2 Å². The van der Waals surface area contributed by atoms with Crippen LogP contribution < -0.4 is 5.46 Å². The fourth-order valence-corrected chi connectivity index (χ4v) is 2.01. The van der Waals surface area contributed by atoms with Gasteiger partial charge in [-0.1, -0.05) is 0 Å². The molecule has 5 nitrogen and oxygen atoms in total. The monoisotopic (exact) mass is 282 g/mol. The van der Waals surface area contributed by atoms with Gasteiger partial charge in [-0.05, 0) is 67.9 Å². The first-order valence-corrected chi connectivity index (χ1v) is 6.35. The van der Waals surface area contributed by atoms with E-state index in [0.29, 0.717) is 5.46 Å². The zero-order valence-electron chi connectivity index (χ0n) is 13.3. The van der Waals surface area contributed by atoms with Crippen molar-refractivity contribution in [1.82, 2.24) is 0 Å². The van der Waals surface area contributed by atoms with Gasteiger partial charge in [0.2, 0.25) is 0 Å². The summed E-state index contributed by atoms with van der Waals surface area (Å²) in [6, 6.07) is 0. The van der Waals surface area contributed by atoms with Gasteiger partial charge in [-0.3, -0.25) is 0 Å². The van der Waals surface area contributed by atoms with E-state index in [0.717, 1.165) is 22.3 Å². The first-order chi connectivity index (χ1) is 9.18. The molecule has 0 amide bonds. The molecule has 0 aliphatic rings. The Balaban J connectivity index is 0.000000511. The topological polar surface area (TPSA) is 79.2 Å². The Morgan fingerprint density at radius 2 is 0.950 bits per heavy atom. The molecule has 0 radical (unpaired) electrons. The molecule has 0 saturated carbocycles. The molecule has 1 rings (SSSR count). The number of rotatable bonds is 3. The summed E-state index contributed by atoms with van der Waals surface area (Å²) in [6.45, 7) is 9.97. The van der Waals surface area contributed by atoms with Crippen molar-refractivity contribution in [3.8, 4) is 0 Å². The van der Waals surface area contributed by atoms with Crippen LogP contribution >= 0.6 is 0 Å². The van der Waals surface area contributed by atoms with Crippen LogP contribution in [-0.4, -0.2) is 43.7 Å². The van der Waals surface area contributed by atoms with Gasteiger partial charge in [0.05, 0.1) is 0 Å². The molecule has 1 aromatic rings. The normalized spacial score (nSPS) is 9.90. The minimum Gasteiger partial charge on any atom is -0.423 e. The van der Waals surface area contributed by atoms with Gasteiger partial charge < -0.3 is 24.4 Å². The first-order valence-electron chi connectivity index (χ1n) is 6.35. The van der Waals surface area contributed by atoms with Crippen LogP contribution in [0.3, 0.4) is 0 Å². The Kier molecular flexibility index (Phi) is 8.08. The van der Waals surface area contributed by atoms with Gasteiger partial charge in [-0.2, -0.15) is 0 Å². The molecular weight excluding hydrogens is 258 g/mol. The Hall–Kier alpha value is -0.850. The summed E-state index contributed by atoms with van der Waals surface area (Å²) in [6.07, 6.45) is 0. The lowest BCUT2D eigenvalue weighted by atomic mass is 9.71. The maximum Gasteiger partial charge on any atom is 0.636 e. The Morgan fingerprint density at radius 1 is 0.650 bits per heavy atom. The lowest BCUT2D eigenvalue weighted by Crippen LogP contribution is -2.36. The summed E-state index contributed by atoms with van der Waals surface area (Å²) in [7, 11) is 0.278. The summed E-state index contributed by atoms with van der Waals surface area (Å²) in [4.78, 5) is 0. The van der Waals surface area contributed by atoms with Crippen molar-refractivity contribution in [2.45, 2.75) is 34.6 Å². The number of hydrogen-bond acceptors (Lipinski definition) is 5. The molecular formula is C13H24B2O5. The minimum absolute atomic E-state index is 0.658. The van der Waals surface area contributed by atoms with E-state index in [1.54, 1.807) is 0 Å². The van der Waals surface area contributed by atoms with Crippen LogP contribution in [0.1, 0.15) is 27.8 Å². The van der Waals surface area contributed by atoms with E-state index in [-0.39, 0.29) is 0 Å². The number of hydrogen-bond donors (Lipinski definition) is 3. The summed E-state index contributed by atoms with van der Waals surface area (Å²) >= 11 is 0. The zero-order chi connectivity index (χ0) is 16.0. The summed E-state index contributed by atoms with van der Waals surface area (Å²) in [5.74, 6) is 0. The van der Waals surface area contributed by atoms with Crippen LogP contribution in [0.2, 0.25) is 0 Å². The van der Waals surface area contributed by atoms with Gasteiger partial charge in [0.25, 0.3) is 0 Å². The zero-order valence-corrected chi connectivity index (χ0v) is 13.3. The molecule has 3 N–H and O–H groups in total. The Morgan fingerprint density at radius 3 is 1.15 bits per heavy atom. The minimum atomic E-state index is -1.37. The molecule has 0 unspecified atom stereocenters. The van der Waals surface area contributed by atoms with Gasteiger partial charge in [-0.25, -0.2) is 0 Å². The summed E-state index contributed by atoms with van der Waals surface area (Å²) in [5.41, 5.74) is 6.17. The molecule has 1 aromatic carbocycles. The Bertz CT molecular complexity index is 416. The van der Waals surface area contributed by atoms with Crippen LogP contribution in [0.4, 0.5) is 0 Å². The van der Waals surface area contributed by atoms with E-state index >= 15 is 0 Å². The second-order valence-corrected chi connectivity index (χ2v) is 4.69. The fourth-order valence-electron chi connectivity index (χ4n) is 2.01. The van der Waals surface area contributed by atoms with E-state index in [9.17, 15) is 10.0 Å². The highest BCUT2D eigenvalue weighted by atomic mass is 16.7. The van der Waals surface area contributed by atoms with E-state index in [2.05, 4.69) is 16.2 Å². The van der Waals surface area contributed by atoms with Crippen molar-refractivity contribution in [2.75, 3.05) is 14.2 Å². The summed E-state index contributed by atoms with van der Waals surface area (Å²) in [5, 5.41) is 26.8. The number of benzene rings is 1. The van der Waals surface area contributed by atoms with Crippen molar-refractivity contribution in [1.29, 1.82) is 0 Å². The van der Waals surface area contributed by atoms with Gasteiger partial charge >= 0.3 is 14.4 Å². The molecule has 0 spiro atoms. The van der Waals surface area contributed by atoms with Crippen LogP contribution in [0.25, 0.3) is 0 Å². The molecule has 0 aliphatic heterocycles. The Labute approximate surface area is 121 Å². The molecule has 112 valence electrons. The van der Waals surface area contributed by atoms with Crippen molar-refractivity contribution >= 4 is 19.9 Å². The van der Waals surface area contributed by atoms with E-state index < -0.39 is 14.4 Å². The van der Waals surface area contributed by atoms with Crippen molar-refractivity contribution in [3.63, 3.8) is 0 Å². The fraction of sp³-hybridized carbons (Fsp3) is 0.538. The largest absolute Gasteiger partial charge is 0.636 e. The lowest BCUT2D eigenvalue weighted by Gasteiger charge is -2.17. The maximum atomic E-state index is 9.28. The van der Waals surface area contributed by atoms with Gasteiger partial charge in [0.1, 0.15) is 0 Å². The van der Waals surface area contributed by atoms with E-state index in [4.69, 9.17) is 5.02 Å². The third-order valence-corrected chi connectivity index (χ3v) is 3.72. The molecule has 0 bridgehead atoms. The molecule has 7 heteroatoms. The van der Waals surface area contributed by atoms with E-state index in [1.165, 1.54) is 19.8 Å². The standard InChI is InChI=1S/C11H17BO2.C2H7BO3/c1-6-7(2)9(4)11(12(13)14)10(5)8(6)3;1-5-3(4)6-2/h13-14H,1-5H3;4H,1-2H3. The molecule has 20 heavy (non-hydrogen) atoms. The smallest absolute Gasteiger partial charge is 0.423 e. The van der Waals surface area contributed by atoms with Crippen LogP contribution in [-0.2, 0) is 9.31 Å². The molecule has 0 saturated heterocycles. The quantitative estimate of drug-likeness (QED) is 0.688. The van der Waals surface area contributed by atoms with Crippen molar-refractivity contribution in [2.24, 2.45) is 0 Å². The van der Waals surface area contributed by atoms with Crippen LogP contribution in [0.15, 0.2) is 0 Å². The molecule has 0 heterocycles. The third-order valence-electron chi connectivity index (χ3n) is 3.72.